The van der Waals surface area contributed by atoms with E-state index in [1.165, 1.54) is 5.56 Å². The molecule has 2 aliphatic rings. The monoisotopic (exact) mass is 382 g/mol. The first kappa shape index (κ1) is 16.9. The summed E-state index contributed by atoms with van der Waals surface area (Å²) in [5.74, 6) is 0.541. The van der Waals surface area contributed by atoms with Crippen molar-refractivity contribution >= 4 is 28.3 Å². The predicted octanol–water partition coefficient (Wildman–Crippen LogP) is 3.43. The maximum atomic E-state index is 13.3. The van der Waals surface area contributed by atoms with Crippen LogP contribution in [0.1, 0.15) is 46.1 Å². The second-order valence-corrected chi connectivity index (χ2v) is 8.30. The lowest BCUT2D eigenvalue weighted by atomic mass is 10.1. The van der Waals surface area contributed by atoms with Crippen molar-refractivity contribution in [2.75, 3.05) is 26.2 Å². The molecule has 1 aliphatic carbocycles. The van der Waals surface area contributed by atoms with Gasteiger partial charge in [0.1, 0.15) is 0 Å². The molecule has 1 saturated carbocycles. The van der Waals surface area contributed by atoms with Crippen LogP contribution in [-0.2, 0) is 6.54 Å². The van der Waals surface area contributed by atoms with Gasteiger partial charge in [-0.1, -0.05) is 5.16 Å². The fourth-order valence-electron chi connectivity index (χ4n) is 3.79. The van der Waals surface area contributed by atoms with Gasteiger partial charge in [0.2, 0.25) is 0 Å². The maximum absolute atomic E-state index is 13.3. The molecule has 0 unspecified atom stereocenters. The number of pyridine rings is 1. The van der Waals surface area contributed by atoms with Gasteiger partial charge in [-0.2, -0.15) is 11.3 Å². The van der Waals surface area contributed by atoms with Crippen LogP contribution in [0.15, 0.2) is 27.4 Å². The van der Waals surface area contributed by atoms with Crippen LogP contribution in [0.25, 0.3) is 11.1 Å². The highest BCUT2D eigenvalue weighted by Gasteiger charge is 2.30. The average Bonchev–Trinajstić information content (AvgIpc) is 3.30. The van der Waals surface area contributed by atoms with Crippen molar-refractivity contribution in [3.05, 3.63) is 45.4 Å². The molecular formula is C20H22N4O2S. The van der Waals surface area contributed by atoms with Crippen LogP contribution in [0.5, 0.6) is 0 Å². The molecule has 1 amide bonds. The number of hydrogen-bond donors (Lipinski definition) is 0. The van der Waals surface area contributed by atoms with Crippen LogP contribution in [0.4, 0.5) is 0 Å². The summed E-state index contributed by atoms with van der Waals surface area (Å²) in [6.45, 7) is 6.12. The summed E-state index contributed by atoms with van der Waals surface area (Å²) in [6.07, 6.45) is 2.28. The number of thiophene rings is 1. The number of hydrogen-bond acceptors (Lipinski definition) is 6. The number of carbonyl (C=O) groups is 1. The Morgan fingerprint density at radius 3 is 2.81 bits per heavy atom. The van der Waals surface area contributed by atoms with E-state index in [4.69, 9.17) is 4.52 Å². The summed E-state index contributed by atoms with van der Waals surface area (Å²) in [6, 6.07) is 4.15. The molecule has 4 heterocycles. The third kappa shape index (κ3) is 3.26. The highest BCUT2D eigenvalue weighted by atomic mass is 32.1. The molecule has 3 aromatic rings. The predicted molar refractivity (Wildman–Crippen MR) is 104 cm³/mol. The first-order valence-corrected chi connectivity index (χ1v) is 10.4. The Morgan fingerprint density at radius 2 is 2.11 bits per heavy atom. The Hall–Kier alpha value is -2.25. The van der Waals surface area contributed by atoms with Crippen LogP contribution in [0, 0.1) is 6.92 Å². The minimum atomic E-state index is 0.0748. The highest BCUT2D eigenvalue weighted by Crippen LogP contribution is 2.40. The van der Waals surface area contributed by atoms with Crippen molar-refractivity contribution in [3.8, 4) is 0 Å². The molecule has 1 aliphatic heterocycles. The molecule has 27 heavy (non-hydrogen) atoms. The first-order valence-electron chi connectivity index (χ1n) is 9.48. The third-order valence-corrected chi connectivity index (χ3v) is 6.24. The third-order valence-electron chi connectivity index (χ3n) is 5.51. The van der Waals surface area contributed by atoms with E-state index < -0.39 is 0 Å². The van der Waals surface area contributed by atoms with E-state index in [2.05, 4.69) is 31.9 Å². The summed E-state index contributed by atoms with van der Waals surface area (Å²) in [5, 5.41) is 9.12. The van der Waals surface area contributed by atoms with Crippen molar-refractivity contribution in [2.24, 2.45) is 0 Å². The second-order valence-electron chi connectivity index (χ2n) is 7.52. The van der Waals surface area contributed by atoms with Crippen LogP contribution >= 0.6 is 11.3 Å². The van der Waals surface area contributed by atoms with Crippen LogP contribution < -0.4 is 0 Å². The standard InChI is InChI=1S/C20H22N4O2S/c1-13-18-16(10-17(15-2-3-15)21-19(18)26-22-13)20(25)24-7-5-23(6-8-24)11-14-4-9-27-12-14/h4,9-10,12,15H,2-3,5-8,11H2,1H3. The SMILES string of the molecule is Cc1noc2nc(C3CC3)cc(C(=O)N3CCN(Cc4ccsc4)CC3)c12. The summed E-state index contributed by atoms with van der Waals surface area (Å²) >= 11 is 1.73. The molecule has 5 rings (SSSR count). The van der Waals surface area contributed by atoms with Gasteiger partial charge in [-0.3, -0.25) is 9.69 Å². The largest absolute Gasteiger partial charge is 0.336 e. The van der Waals surface area contributed by atoms with Crippen molar-refractivity contribution in [1.82, 2.24) is 19.9 Å². The number of aryl methyl sites for hydroxylation is 1. The normalized spacial score (nSPS) is 18.3. The Labute approximate surface area is 161 Å². The van der Waals surface area contributed by atoms with E-state index in [1.54, 1.807) is 11.3 Å². The molecule has 1 saturated heterocycles. The molecule has 6 nitrogen and oxygen atoms in total. The second kappa shape index (κ2) is 6.73. The molecule has 0 atom stereocenters. The van der Waals surface area contributed by atoms with Gasteiger partial charge in [0, 0.05) is 44.3 Å². The lowest BCUT2D eigenvalue weighted by Crippen LogP contribution is -2.48. The fraction of sp³-hybridized carbons (Fsp3) is 0.450. The lowest BCUT2D eigenvalue weighted by molar-refractivity contribution is 0.0630. The molecule has 0 N–H and O–H groups in total. The quantitative estimate of drug-likeness (QED) is 0.692. The number of fused-ring (bicyclic) bond motifs is 1. The molecule has 2 fully saturated rings. The van der Waals surface area contributed by atoms with Gasteiger partial charge >= 0.3 is 0 Å². The van der Waals surface area contributed by atoms with Crippen LogP contribution in [0.2, 0.25) is 0 Å². The van der Waals surface area contributed by atoms with Crippen molar-refractivity contribution in [1.29, 1.82) is 0 Å². The zero-order chi connectivity index (χ0) is 18.4. The number of rotatable bonds is 4. The lowest BCUT2D eigenvalue weighted by Gasteiger charge is -2.34. The van der Waals surface area contributed by atoms with Gasteiger partial charge < -0.3 is 9.42 Å². The van der Waals surface area contributed by atoms with Gasteiger partial charge in [0.05, 0.1) is 16.6 Å². The first-order chi connectivity index (χ1) is 13.2. The van der Waals surface area contributed by atoms with Crippen molar-refractivity contribution < 1.29 is 9.32 Å². The summed E-state index contributed by atoms with van der Waals surface area (Å²) < 4.78 is 5.38. The Bertz CT molecular complexity index is 969. The smallest absolute Gasteiger partial charge is 0.259 e. The van der Waals surface area contributed by atoms with E-state index in [0.717, 1.165) is 62.3 Å². The minimum Gasteiger partial charge on any atom is -0.336 e. The summed E-state index contributed by atoms with van der Waals surface area (Å²) in [5.41, 5.74) is 4.26. The van der Waals surface area contributed by atoms with E-state index in [9.17, 15) is 4.79 Å². The van der Waals surface area contributed by atoms with Gasteiger partial charge in [-0.15, -0.1) is 0 Å². The Kier molecular flexibility index (Phi) is 4.21. The van der Waals surface area contributed by atoms with Crippen LogP contribution in [-0.4, -0.2) is 52.0 Å². The van der Waals surface area contributed by atoms with Crippen molar-refractivity contribution in [3.63, 3.8) is 0 Å². The Morgan fingerprint density at radius 1 is 1.30 bits per heavy atom. The average molecular weight is 382 g/mol. The summed E-state index contributed by atoms with van der Waals surface area (Å²) in [7, 11) is 0. The molecule has 0 bridgehead atoms. The topological polar surface area (TPSA) is 62.5 Å². The summed E-state index contributed by atoms with van der Waals surface area (Å²) in [4.78, 5) is 22.3. The minimum absolute atomic E-state index is 0.0748. The van der Waals surface area contributed by atoms with Gasteiger partial charge in [-0.05, 0) is 48.2 Å². The molecule has 0 spiro atoms. The van der Waals surface area contributed by atoms with Crippen molar-refractivity contribution in [2.45, 2.75) is 32.2 Å². The number of amides is 1. The number of nitrogens with zero attached hydrogens (tertiary/aromatic N) is 4. The number of aromatic nitrogens is 2. The fourth-order valence-corrected chi connectivity index (χ4v) is 4.45. The molecule has 0 radical (unpaired) electrons. The van der Waals surface area contributed by atoms with Gasteiger partial charge in [0.15, 0.2) is 0 Å². The van der Waals surface area contributed by atoms with E-state index in [0.29, 0.717) is 17.2 Å². The van der Waals surface area contributed by atoms with Crippen LogP contribution in [0.3, 0.4) is 0 Å². The number of carbonyl (C=O) groups excluding carboxylic acids is 1. The zero-order valence-electron chi connectivity index (χ0n) is 15.4. The molecule has 7 heteroatoms. The van der Waals surface area contributed by atoms with E-state index >= 15 is 0 Å². The zero-order valence-corrected chi connectivity index (χ0v) is 16.2. The van der Waals surface area contributed by atoms with Gasteiger partial charge in [-0.25, -0.2) is 4.98 Å². The van der Waals surface area contributed by atoms with E-state index in [-0.39, 0.29) is 5.91 Å². The van der Waals surface area contributed by atoms with E-state index in [1.807, 2.05) is 17.9 Å². The molecule has 0 aromatic carbocycles. The molecular weight excluding hydrogens is 360 g/mol. The maximum Gasteiger partial charge on any atom is 0.259 e. The molecule has 140 valence electrons. The Balaban J connectivity index is 1.36. The molecule has 3 aromatic heterocycles. The number of piperazine rings is 1. The van der Waals surface area contributed by atoms with Gasteiger partial charge in [0.25, 0.3) is 11.6 Å². The highest BCUT2D eigenvalue weighted by molar-refractivity contribution is 7.07.